The standard InChI is InChI=1S/C26H28FN3O6S2/c1-4-36-22-9-7-21(8-10-22)30(38(34,35)23-11-5-20(27)6-12-23)18-26(31)29-16-15-19-17-24(13-14-25(19)29)37(32,33)28(2)3/h5-14,17H,4,15-16,18H2,1-3H3. The van der Waals surface area contributed by atoms with Crippen molar-refractivity contribution in [2.24, 2.45) is 0 Å². The maximum atomic E-state index is 13.6. The Hall–Kier alpha value is -3.48. The molecule has 0 bridgehead atoms. The van der Waals surface area contributed by atoms with Gasteiger partial charge in [-0.25, -0.2) is 25.5 Å². The van der Waals surface area contributed by atoms with E-state index in [9.17, 15) is 26.0 Å². The third-order valence-electron chi connectivity index (χ3n) is 6.14. The first kappa shape index (κ1) is 27.6. The van der Waals surface area contributed by atoms with E-state index >= 15 is 0 Å². The summed E-state index contributed by atoms with van der Waals surface area (Å²) >= 11 is 0. The zero-order chi connectivity index (χ0) is 27.7. The summed E-state index contributed by atoms with van der Waals surface area (Å²) in [5, 5.41) is 0. The lowest BCUT2D eigenvalue weighted by atomic mass is 10.2. The van der Waals surface area contributed by atoms with Crippen LogP contribution in [0.15, 0.2) is 76.5 Å². The van der Waals surface area contributed by atoms with Crippen LogP contribution < -0.4 is 13.9 Å². The normalized spacial score (nSPS) is 13.4. The number of sulfonamides is 2. The van der Waals surface area contributed by atoms with Gasteiger partial charge in [0.2, 0.25) is 15.9 Å². The van der Waals surface area contributed by atoms with Gasteiger partial charge in [0.1, 0.15) is 18.1 Å². The zero-order valence-electron chi connectivity index (χ0n) is 21.2. The summed E-state index contributed by atoms with van der Waals surface area (Å²) in [5.74, 6) is -0.540. The summed E-state index contributed by atoms with van der Waals surface area (Å²) in [7, 11) is -5.01. The van der Waals surface area contributed by atoms with Crippen LogP contribution in [0.4, 0.5) is 15.8 Å². The molecule has 1 aliphatic rings. The summed E-state index contributed by atoms with van der Waals surface area (Å²) in [6, 6.07) is 15.2. The van der Waals surface area contributed by atoms with Crippen molar-refractivity contribution in [1.29, 1.82) is 0 Å². The Balaban J connectivity index is 1.67. The minimum absolute atomic E-state index is 0.116. The van der Waals surface area contributed by atoms with Crippen LogP contribution in [0.25, 0.3) is 0 Å². The fraction of sp³-hybridized carbons (Fsp3) is 0.269. The van der Waals surface area contributed by atoms with Gasteiger partial charge in [0, 0.05) is 26.3 Å². The number of amides is 1. The molecule has 0 unspecified atom stereocenters. The molecule has 0 N–H and O–H groups in total. The van der Waals surface area contributed by atoms with Gasteiger partial charge in [-0.05, 0) is 85.6 Å². The number of fused-ring (bicyclic) bond motifs is 1. The van der Waals surface area contributed by atoms with E-state index in [-0.39, 0.29) is 22.0 Å². The predicted molar refractivity (Wildman–Crippen MR) is 142 cm³/mol. The van der Waals surface area contributed by atoms with Gasteiger partial charge in [-0.3, -0.25) is 9.10 Å². The molecule has 1 aliphatic heterocycles. The van der Waals surface area contributed by atoms with Crippen molar-refractivity contribution in [2.45, 2.75) is 23.1 Å². The van der Waals surface area contributed by atoms with Crippen molar-refractivity contribution in [3.05, 3.63) is 78.1 Å². The first-order valence-electron chi connectivity index (χ1n) is 11.8. The second kappa shape index (κ2) is 10.7. The maximum absolute atomic E-state index is 13.6. The predicted octanol–water partition coefficient (Wildman–Crippen LogP) is 3.26. The van der Waals surface area contributed by atoms with Gasteiger partial charge in [-0.15, -0.1) is 0 Å². The number of carbonyl (C=O) groups is 1. The third kappa shape index (κ3) is 5.38. The monoisotopic (exact) mass is 561 g/mol. The van der Waals surface area contributed by atoms with Crippen molar-refractivity contribution in [3.8, 4) is 5.75 Å². The molecule has 3 aromatic rings. The number of hydrogen-bond donors (Lipinski definition) is 0. The Morgan fingerprint density at radius 3 is 2.16 bits per heavy atom. The van der Waals surface area contributed by atoms with E-state index in [1.807, 2.05) is 6.92 Å². The van der Waals surface area contributed by atoms with Gasteiger partial charge in [0.05, 0.1) is 22.1 Å². The number of carbonyl (C=O) groups excluding carboxylic acids is 1. The second-order valence-electron chi connectivity index (χ2n) is 8.77. The Morgan fingerprint density at radius 2 is 1.55 bits per heavy atom. The number of hydrogen-bond acceptors (Lipinski definition) is 6. The number of nitrogens with zero attached hydrogens (tertiary/aromatic N) is 3. The topological polar surface area (TPSA) is 104 Å². The van der Waals surface area contributed by atoms with E-state index in [1.165, 1.54) is 43.3 Å². The summed E-state index contributed by atoms with van der Waals surface area (Å²) < 4.78 is 73.3. The Kier molecular flexibility index (Phi) is 7.77. The molecule has 1 heterocycles. The summed E-state index contributed by atoms with van der Waals surface area (Å²) in [6.07, 6.45) is 0.422. The summed E-state index contributed by atoms with van der Waals surface area (Å²) in [4.78, 5) is 14.9. The highest BCUT2D eigenvalue weighted by Gasteiger charge is 2.32. The van der Waals surface area contributed by atoms with Crippen LogP contribution in [0.3, 0.4) is 0 Å². The lowest BCUT2D eigenvalue weighted by Crippen LogP contribution is -2.42. The molecule has 3 aromatic carbocycles. The molecule has 202 valence electrons. The molecule has 0 spiro atoms. The molecular formula is C26H28FN3O6S2. The minimum atomic E-state index is -4.24. The van der Waals surface area contributed by atoms with Crippen molar-refractivity contribution >= 4 is 37.3 Å². The summed E-state index contributed by atoms with van der Waals surface area (Å²) in [5.41, 5.74) is 1.44. The van der Waals surface area contributed by atoms with E-state index in [1.54, 1.807) is 18.2 Å². The molecule has 0 saturated carbocycles. The SMILES string of the molecule is CCOc1ccc(N(CC(=O)N2CCc3cc(S(=O)(=O)N(C)C)ccc32)S(=O)(=O)c2ccc(F)cc2)cc1. The van der Waals surface area contributed by atoms with Crippen LogP contribution in [0, 0.1) is 5.82 Å². The van der Waals surface area contributed by atoms with E-state index in [0.717, 1.165) is 32.9 Å². The van der Waals surface area contributed by atoms with Crippen molar-refractivity contribution < 1.29 is 30.8 Å². The van der Waals surface area contributed by atoms with E-state index in [4.69, 9.17) is 4.74 Å². The largest absolute Gasteiger partial charge is 0.494 e. The highest BCUT2D eigenvalue weighted by Crippen LogP contribution is 2.32. The number of benzene rings is 3. The smallest absolute Gasteiger partial charge is 0.264 e. The van der Waals surface area contributed by atoms with Crippen LogP contribution in [0.5, 0.6) is 5.75 Å². The zero-order valence-corrected chi connectivity index (χ0v) is 22.8. The van der Waals surface area contributed by atoms with E-state index in [2.05, 4.69) is 0 Å². The van der Waals surface area contributed by atoms with Gasteiger partial charge in [-0.1, -0.05) is 0 Å². The number of rotatable bonds is 9. The highest BCUT2D eigenvalue weighted by atomic mass is 32.2. The molecule has 0 fully saturated rings. The van der Waals surface area contributed by atoms with Crippen molar-refractivity contribution in [3.63, 3.8) is 0 Å². The van der Waals surface area contributed by atoms with Gasteiger partial charge < -0.3 is 9.64 Å². The average Bonchev–Trinajstić information content (AvgIpc) is 3.31. The number of halogens is 1. The third-order valence-corrected chi connectivity index (χ3v) is 9.74. The minimum Gasteiger partial charge on any atom is -0.494 e. The fourth-order valence-electron chi connectivity index (χ4n) is 4.14. The van der Waals surface area contributed by atoms with Crippen LogP contribution in [-0.4, -0.2) is 60.8 Å². The van der Waals surface area contributed by atoms with Gasteiger partial charge in [0.15, 0.2) is 0 Å². The average molecular weight is 562 g/mol. The van der Waals surface area contributed by atoms with Crippen molar-refractivity contribution in [2.75, 3.05) is 43.0 Å². The van der Waals surface area contributed by atoms with Crippen molar-refractivity contribution in [1.82, 2.24) is 4.31 Å². The quantitative estimate of drug-likeness (QED) is 0.397. The molecule has 0 saturated heterocycles. The lowest BCUT2D eigenvalue weighted by Gasteiger charge is -2.27. The summed E-state index contributed by atoms with van der Waals surface area (Å²) in [6.45, 7) is 2.00. The molecule has 0 aliphatic carbocycles. The maximum Gasteiger partial charge on any atom is 0.264 e. The second-order valence-corrected chi connectivity index (χ2v) is 12.8. The number of anilines is 2. The van der Waals surface area contributed by atoms with Crippen LogP contribution in [0.2, 0.25) is 0 Å². The molecule has 0 aromatic heterocycles. The molecule has 9 nitrogen and oxygen atoms in total. The Labute approximate surface area is 222 Å². The van der Waals surface area contributed by atoms with Crippen LogP contribution in [0.1, 0.15) is 12.5 Å². The van der Waals surface area contributed by atoms with Gasteiger partial charge in [0.25, 0.3) is 10.0 Å². The molecule has 12 heteroatoms. The van der Waals surface area contributed by atoms with Gasteiger partial charge in [-0.2, -0.15) is 0 Å². The first-order chi connectivity index (χ1) is 17.9. The Bertz CT molecular complexity index is 1540. The fourth-order valence-corrected chi connectivity index (χ4v) is 6.51. The van der Waals surface area contributed by atoms with Crippen LogP contribution in [-0.2, 0) is 31.3 Å². The lowest BCUT2D eigenvalue weighted by molar-refractivity contribution is -0.117. The Morgan fingerprint density at radius 1 is 0.921 bits per heavy atom. The molecular weight excluding hydrogens is 533 g/mol. The molecule has 4 rings (SSSR count). The van der Waals surface area contributed by atoms with E-state index in [0.29, 0.717) is 30.0 Å². The van der Waals surface area contributed by atoms with Crippen LogP contribution >= 0.6 is 0 Å². The highest BCUT2D eigenvalue weighted by molar-refractivity contribution is 7.92. The molecule has 1 amide bonds. The molecule has 38 heavy (non-hydrogen) atoms. The number of ether oxygens (including phenoxy) is 1. The van der Waals surface area contributed by atoms with E-state index < -0.39 is 38.3 Å². The first-order valence-corrected chi connectivity index (χ1v) is 14.7. The molecule has 0 atom stereocenters. The molecule has 0 radical (unpaired) electrons. The van der Waals surface area contributed by atoms with Gasteiger partial charge >= 0.3 is 0 Å².